The van der Waals surface area contributed by atoms with Gasteiger partial charge in [0.2, 0.25) is 0 Å². The van der Waals surface area contributed by atoms with Crippen LogP contribution in [-0.4, -0.2) is 17.9 Å². The molecule has 0 saturated carbocycles. The molecule has 27 heavy (non-hydrogen) atoms. The first-order chi connectivity index (χ1) is 12.8. The third-order valence-corrected chi connectivity index (χ3v) is 4.93. The van der Waals surface area contributed by atoms with Crippen LogP contribution < -0.4 is 15.4 Å². The minimum atomic E-state index is -0.539. The molecule has 3 aromatic rings. The SMILES string of the molecule is Cc1cc2oc(C(=O)Nc3ccc4c(c3)NC(=O)[C@H](C)O4)c(C)c2cc1C. The van der Waals surface area contributed by atoms with E-state index in [0.29, 0.717) is 22.7 Å². The van der Waals surface area contributed by atoms with Gasteiger partial charge >= 0.3 is 0 Å². The van der Waals surface area contributed by atoms with Gasteiger partial charge in [-0.05, 0) is 69.2 Å². The molecular weight excluding hydrogens is 344 g/mol. The quantitative estimate of drug-likeness (QED) is 0.709. The first kappa shape index (κ1) is 17.1. The standard InChI is InChI=1S/C21H20N2O4/c1-10-7-15-12(3)19(27-18(15)8-11(10)2)21(25)22-14-5-6-17-16(9-14)23-20(24)13(4)26-17/h5-9,13H,1-4H3,(H,22,25)(H,23,24)/t13-/m0/s1. The molecular formula is C21H20N2O4. The number of fused-ring (bicyclic) bond motifs is 2. The minimum Gasteiger partial charge on any atom is -0.479 e. The molecule has 2 amide bonds. The third kappa shape index (κ3) is 2.93. The molecule has 1 aliphatic rings. The maximum atomic E-state index is 12.7. The summed E-state index contributed by atoms with van der Waals surface area (Å²) in [4.78, 5) is 24.5. The summed E-state index contributed by atoms with van der Waals surface area (Å²) in [6.07, 6.45) is -0.539. The molecule has 1 atom stereocenters. The highest BCUT2D eigenvalue weighted by Gasteiger charge is 2.24. The molecule has 0 unspecified atom stereocenters. The topological polar surface area (TPSA) is 80.6 Å². The zero-order valence-electron chi connectivity index (χ0n) is 15.6. The van der Waals surface area contributed by atoms with Gasteiger partial charge in [-0.15, -0.1) is 0 Å². The van der Waals surface area contributed by atoms with Gasteiger partial charge in [0.1, 0.15) is 11.3 Å². The fraction of sp³-hybridized carbons (Fsp3) is 0.238. The van der Waals surface area contributed by atoms with E-state index in [2.05, 4.69) is 10.6 Å². The van der Waals surface area contributed by atoms with Gasteiger partial charge in [0.15, 0.2) is 11.9 Å². The van der Waals surface area contributed by atoms with Crippen LogP contribution in [0.3, 0.4) is 0 Å². The van der Waals surface area contributed by atoms with Crippen LogP contribution in [0.25, 0.3) is 11.0 Å². The molecule has 138 valence electrons. The predicted octanol–water partition coefficient (Wildman–Crippen LogP) is 4.33. The summed E-state index contributed by atoms with van der Waals surface area (Å²) in [6.45, 7) is 7.60. The summed E-state index contributed by atoms with van der Waals surface area (Å²) in [5.41, 5.74) is 4.84. The Kier molecular flexibility index (Phi) is 3.91. The molecule has 6 heteroatoms. The average molecular weight is 364 g/mol. The second-order valence-corrected chi connectivity index (χ2v) is 6.90. The minimum absolute atomic E-state index is 0.218. The van der Waals surface area contributed by atoms with E-state index in [4.69, 9.17) is 9.15 Å². The summed E-state index contributed by atoms with van der Waals surface area (Å²) < 4.78 is 11.3. The van der Waals surface area contributed by atoms with Gasteiger partial charge in [0, 0.05) is 16.6 Å². The van der Waals surface area contributed by atoms with Crippen molar-refractivity contribution in [1.29, 1.82) is 0 Å². The highest BCUT2D eigenvalue weighted by molar-refractivity contribution is 6.07. The van der Waals surface area contributed by atoms with E-state index in [1.807, 2.05) is 32.9 Å². The van der Waals surface area contributed by atoms with Crippen molar-refractivity contribution in [3.63, 3.8) is 0 Å². The first-order valence-electron chi connectivity index (χ1n) is 8.77. The predicted molar refractivity (Wildman–Crippen MR) is 104 cm³/mol. The van der Waals surface area contributed by atoms with Crippen LogP contribution in [0.4, 0.5) is 11.4 Å². The zero-order valence-corrected chi connectivity index (χ0v) is 15.6. The van der Waals surface area contributed by atoms with Crippen molar-refractivity contribution in [1.82, 2.24) is 0 Å². The van der Waals surface area contributed by atoms with Gasteiger partial charge in [0.25, 0.3) is 11.8 Å². The van der Waals surface area contributed by atoms with E-state index < -0.39 is 6.10 Å². The Morgan fingerprint density at radius 3 is 2.63 bits per heavy atom. The summed E-state index contributed by atoms with van der Waals surface area (Å²) >= 11 is 0. The third-order valence-electron chi connectivity index (χ3n) is 4.93. The van der Waals surface area contributed by atoms with Crippen molar-refractivity contribution in [3.05, 3.63) is 52.8 Å². The normalized spacial score (nSPS) is 15.9. The summed E-state index contributed by atoms with van der Waals surface area (Å²) in [5.74, 6) is 0.299. The Bertz CT molecular complexity index is 1100. The van der Waals surface area contributed by atoms with E-state index in [-0.39, 0.29) is 17.6 Å². The van der Waals surface area contributed by atoms with Crippen molar-refractivity contribution in [3.8, 4) is 5.75 Å². The van der Waals surface area contributed by atoms with Gasteiger partial charge in [-0.1, -0.05) is 0 Å². The van der Waals surface area contributed by atoms with Crippen LogP contribution in [0.5, 0.6) is 5.75 Å². The Hall–Kier alpha value is -3.28. The second kappa shape index (κ2) is 6.16. The number of ether oxygens (including phenoxy) is 1. The van der Waals surface area contributed by atoms with Crippen LogP contribution >= 0.6 is 0 Å². The molecule has 4 rings (SSSR count). The number of carbonyl (C=O) groups excluding carboxylic acids is 2. The highest BCUT2D eigenvalue weighted by atomic mass is 16.5. The van der Waals surface area contributed by atoms with E-state index >= 15 is 0 Å². The lowest BCUT2D eigenvalue weighted by Crippen LogP contribution is -2.34. The average Bonchev–Trinajstić information content (AvgIpc) is 2.93. The lowest BCUT2D eigenvalue weighted by molar-refractivity contribution is -0.122. The number of nitrogens with one attached hydrogen (secondary N) is 2. The van der Waals surface area contributed by atoms with Crippen LogP contribution in [0.2, 0.25) is 0 Å². The highest BCUT2D eigenvalue weighted by Crippen LogP contribution is 2.33. The van der Waals surface area contributed by atoms with Gasteiger partial charge in [-0.3, -0.25) is 9.59 Å². The van der Waals surface area contributed by atoms with E-state index in [1.165, 1.54) is 0 Å². The molecule has 0 radical (unpaired) electrons. The number of aryl methyl sites for hydroxylation is 3. The first-order valence-corrected chi connectivity index (χ1v) is 8.77. The maximum absolute atomic E-state index is 12.7. The smallest absolute Gasteiger partial charge is 0.291 e. The number of anilines is 2. The fourth-order valence-electron chi connectivity index (χ4n) is 3.17. The van der Waals surface area contributed by atoms with Crippen molar-refractivity contribution >= 4 is 34.2 Å². The summed E-state index contributed by atoms with van der Waals surface area (Å²) in [7, 11) is 0. The molecule has 0 fully saturated rings. The number of amides is 2. The molecule has 1 aliphatic heterocycles. The molecule has 0 spiro atoms. The lowest BCUT2D eigenvalue weighted by Gasteiger charge is -2.23. The molecule has 2 N–H and O–H groups in total. The number of furan rings is 1. The Balaban J connectivity index is 1.63. The molecule has 2 heterocycles. The Morgan fingerprint density at radius 2 is 1.85 bits per heavy atom. The van der Waals surface area contributed by atoms with Gasteiger partial charge in [-0.25, -0.2) is 0 Å². The molecule has 1 aromatic heterocycles. The van der Waals surface area contributed by atoms with E-state index in [0.717, 1.165) is 22.1 Å². The van der Waals surface area contributed by atoms with Crippen molar-refractivity contribution < 1.29 is 18.7 Å². The molecule has 6 nitrogen and oxygen atoms in total. The lowest BCUT2D eigenvalue weighted by atomic mass is 10.0. The number of hydrogen-bond acceptors (Lipinski definition) is 4. The number of benzene rings is 2. The second-order valence-electron chi connectivity index (χ2n) is 6.90. The van der Waals surface area contributed by atoms with Crippen LogP contribution in [0, 0.1) is 20.8 Å². The van der Waals surface area contributed by atoms with Crippen molar-refractivity contribution in [2.24, 2.45) is 0 Å². The van der Waals surface area contributed by atoms with Crippen LogP contribution in [0.15, 0.2) is 34.7 Å². The molecule has 0 bridgehead atoms. The number of hydrogen-bond donors (Lipinski definition) is 2. The monoisotopic (exact) mass is 364 g/mol. The molecule has 0 saturated heterocycles. The van der Waals surface area contributed by atoms with Crippen molar-refractivity contribution in [2.75, 3.05) is 10.6 Å². The van der Waals surface area contributed by atoms with Crippen LogP contribution in [0.1, 0.15) is 34.2 Å². The van der Waals surface area contributed by atoms with E-state index in [1.54, 1.807) is 25.1 Å². The zero-order chi connectivity index (χ0) is 19.3. The Labute approximate surface area is 156 Å². The van der Waals surface area contributed by atoms with Crippen LogP contribution in [-0.2, 0) is 4.79 Å². The fourth-order valence-corrected chi connectivity index (χ4v) is 3.17. The van der Waals surface area contributed by atoms with Gasteiger partial charge < -0.3 is 19.8 Å². The number of rotatable bonds is 2. The van der Waals surface area contributed by atoms with E-state index in [9.17, 15) is 9.59 Å². The molecule has 2 aromatic carbocycles. The van der Waals surface area contributed by atoms with Crippen molar-refractivity contribution in [2.45, 2.75) is 33.8 Å². The summed E-state index contributed by atoms with van der Waals surface area (Å²) in [5, 5.41) is 6.53. The largest absolute Gasteiger partial charge is 0.479 e. The maximum Gasteiger partial charge on any atom is 0.291 e. The van der Waals surface area contributed by atoms with Gasteiger partial charge in [-0.2, -0.15) is 0 Å². The van der Waals surface area contributed by atoms with Gasteiger partial charge in [0.05, 0.1) is 5.69 Å². The summed E-state index contributed by atoms with van der Waals surface area (Å²) in [6, 6.07) is 9.10. The molecule has 0 aliphatic carbocycles. The number of carbonyl (C=O) groups is 2. The Morgan fingerprint density at radius 1 is 1.11 bits per heavy atom.